The van der Waals surface area contributed by atoms with Crippen molar-refractivity contribution < 1.29 is 4.39 Å². The molecule has 0 fully saturated rings. The lowest BCUT2D eigenvalue weighted by Gasteiger charge is -2.19. The number of nitrogens with one attached hydrogen (secondary N) is 1. The van der Waals surface area contributed by atoms with Gasteiger partial charge in [-0.2, -0.15) is 5.10 Å². The van der Waals surface area contributed by atoms with E-state index in [1.165, 1.54) is 17.7 Å². The van der Waals surface area contributed by atoms with Crippen LogP contribution in [0.15, 0.2) is 84.0 Å². The molecule has 0 amide bonds. The molecule has 0 aliphatic carbocycles. The summed E-state index contributed by atoms with van der Waals surface area (Å²) in [6, 6.07) is 24.7. The number of benzene rings is 3. The van der Waals surface area contributed by atoms with E-state index in [1.54, 1.807) is 18.3 Å². The molecular formula is C21H20FN3. The van der Waals surface area contributed by atoms with Crippen molar-refractivity contribution in [2.45, 2.75) is 6.54 Å². The summed E-state index contributed by atoms with van der Waals surface area (Å²) in [4.78, 5) is 2.20. The molecule has 1 N–H and O–H groups in total. The van der Waals surface area contributed by atoms with Gasteiger partial charge in [0.05, 0.1) is 11.9 Å². The predicted molar refractivity (Wildman–Crippen MR) is 103 cm³/mol. The summed E-state index contributed by atoms with van der Waals surface area (Å²) in [5, 5.41) is 4.17. The fourth-order valence-corrected chi connectivity index (χ4v) is 2.47. The van der Waals surface area contributed by atoms with E-state index in [-0.39, 0.29) is 5.82 Å². The number of nitrogens with zero attached hydrogens (tertiary/aromatic N) is 2. The summed E-state index contributed by atoms with van der Waals surface area (Å²) in [5.41, 5.74) is 7.04. The summed E-state index contributed by atoms with van der Waals surface area (Å²) in [6.45, 7) is 0.862. The Morgan fingerprint density at radius 3 is 2.28 bits per heavy atom. The Balaban J connectivity index is 1.58. The molecule has 0 saturated carbocycles. The first kappa shape index (κ1) is 16.7. The molecule has 3 nitrogen and oxygen atoms in total. The third-order valence-corrected chi connectivity index (χ3v) is 3.85. The maximum Gasteiger partial charge on any atom is 0.123 e. The van der Waals surface area contributed by atoms with E-state index < -0.39 is 0 Å². The van der Waals surface area contributed by atoms with Crippen molar-refractivity contribution in [1.82, 2.24) is 0 Å². The number of hydrazone groups is 1. The molecule has 0 unspecified atom stereocenters. The van der Waals surface area contributed by atoms with Crippen LogP contribution in [0.2, 0.25) is 0 Å². The summed E-state index contributed by atoms with van der Waals surface area (Å²) in [7, 11) is 2.08. The van der Waals surface area contributed by atoms with E-state index >= 15 is 0 Å². The zero-order valence-electron chi connectivity index (χ0n) is 14.1. The Bertz CT molecular complexity index is 812. The van der Waals surface area contributed by atoms with Crippen LogP contribution in [-0.4, -0.2) is 13.3 Å². The molecule has 3 aromatic rings. The van der Waals surface area contributed by atoms with Crippen LogP contribution < -0.4 is 10.3 Å². The normalized spacial score (nSPS) is 10.8. The zero-order valence-corrected chi connectivity index (χ0v) is 14.1. The molecule has 126 valence electrons. The van der Waals surface area contributed by atoms with Crippen LogP contribution in [0.4, 0.5) is 15.8 Å². The summed E-state index contributed by atoms with van der Waals surface area (Å²) in [6.07, 6.45) is 1.74. The van der Waals surface area contributed by atoms with E-state index in [1.807, 2.05) is 18.2 Å². The van der Waals surface area contributed by atoms with Gasteiger partial charge in [-0.05, 0) is 47.5 Å². The number of hydrogen-bond acceptors (Lipinski definition) is 3. The minimum atomic E-state index is -0.259. The fraction of sp³-hybridized carbons (Fsp3) is 0.0952. The van der Waals surface area contributed by atoms with E-state index in [0.717, 1.165) is 23.5 Å². The van der Waals surface area contributed by atoms with E-state index in [4.69, 9.17) is 0 Å². The molecule has 0 spiro atoms. The Kier molecular flexibility index (Phi) is 5.42. The monoisotopic (exact) mass is 333 g/mol. The van der Waals surface area contributed by atoms with Gasteiger partial charge < -0.3 is 4.90 Å². The lowest BCUT2D eigenvalue weighted by atomic mass is 10.2. The van der Waals surface area contributed by atoms with Crippen molar-refractivity contribution in [3.8, 4) is 0 Å². The minimum absolute atomic E-state index is 0.259. The fourth-order valence-electron chi connectivity index (χ4n) is 2.47. The van der Waals surface area contributed by atoms with Crippen molar-refractivity contribution in [1.29, 1.82) is 0 Å². The second kappa shape index (κ2) is 8.11. The average Bonchev–Trinajstić information content (AvgIpc) is 2.65. The first-order valence-corrected chi connectivity index (χ1v) is 8.10. The summed E-state index contributed by atoms with van der Waals surface area (Å²) in [5.74, 6) is -0.259. The Hall–Kier alpha value is -3.14. The quantitative estimate of drug-likeness (QED) is 0.513. The van der Waals surface area contributed by atoms with Gasteiger partial charge in [0.2, 0.25) is 0 Å². The lowest BCUT2D eigenvalue weighted by Crippen LogP contribution is -2.16. The first-order chi connectivity index (χ1) is 12.2. The molecule has 0 bridgehead atoms. The molecule has 3 rings (SSSR count). The van der Waals surface area contributed by atoms with Crippen LogP contribution in [0.5, 0.6) is 0 Å². The molecule has 0 aromatic heterocycles. The Labute approximate surface area is 147 Å². The van der Waals surface area contributed by atoms with Gasteiger partial charge in [0.15, 0.2) is 0 Å². The Morgan fingerprint density at radius 2 is 1.60 bits per heavy atom. The van der Waals surface area contributed by atoms with Crippen LogP contribution in [0.25, 0.3) is 0 Å². The highest BCUT2D eigenvalue weighted by atomic mass is 19.1. The van der Waals surface area contributed by atoms with Crippen molar-refractivity contribution in [3.05, 3.63) is 95.8 Å². The molecular weight excluding hydrogens is 313 g/mol. The molecule has 0 aliphatic rings. The standard InChI is InChI=1S/C21H20FN3/c1-25(16-18-5-3-2-4-6-18)21-13-7-17(8-14-21)15-23-24-20-11-9-19(22)10-12-20/h2-15,24H,16H2,1H3. The highest BCUT2D eigenvalue weighted by molar-refractivity contribution is 5.81. The molecule has 0 aliphatic heterocycles. The number of halogens is 1. The van der Waals surface area contributed by atoms with Crippen LogP contribution >= 0.6 is 0 Å². The molecule has 4 heteroatoms. The van der Waals surface area contributed by atoms with Crippen LogP contribution in [0.3, 0.4) is 0 Å². The molecule has 0 atom stereocenters. The third-order valence-electron chi connectivity index (χ3n) is 3.85. The van der Waals surface area contributed by atoms with Gasteiger partial charge in [0.1, 0.15) is 5.82 Å². The first-order valence-electron chi connectivity index (χ1n) is 8.10. The maximum atomic E-state index is 12.8. The molecule has 0 saturated heterocycles. The van der Waals surface area contributed by atoms with Gasteiger partial charge in [0.25, 0.3) is 0 Å². The minimum Gasteiger partial charge on any atom is -0.370 e. The molecule has 0 radical (unpaired) electrons. The number of rotatable bonds is 6. The van der Waals surface area contributed by atoms with Gasteiger partial charge in [-0.25, -0.2) is 4.39 Å². The molecule has 3 aromatic carbocycles. The van der Waals surface area contributed by atoms with Crippen molar-refractivity contribution in [3.63, 3.8) is 0 Å². The predicted octanol–water partition coefficient (Wildman–Crippen LogP) is 4.91. The van der Waals surface area contributed by atoms with Crippen molar-refractivity contribution in [2.75, 3.05) is 17.4 Å². The van der Waals surface area contributed by atoms with Crippen molar-refractivity contribution in [2.24, 2.45) is 5.10 Å². The summed E-state index contributed by atoms with van der Waals surface area (Å²) < 4.78 is 12.8. The van der Waals surface area contributed by atoms with Gasteiger partial charge in [-0.15, -0.1) is 0 Å². The number of hydrogen-bond donors (Lipinski definition) is 1. The largest absolute Gasteiger partial charge is 0.370 e. The number of anilines is 2. The van der Waals surface area contributed by atoms with Gasteiger partial charge in [-0.1, -0.05) is 42.5 Å². The van der Waals surface area contributed by atoms with Gasteiger partial charge >= 0.3 is 0 Å². The topological polar surface area (TPSA) is 27.6 Å². The zero-order chi connectivity index (χ0) is 17.5. The van der Waals surface area contributed by atoms with E-state index in [2.05, 4.69) is 58.9 Å². The Morgan fingerprint density at radius 1 is 0.920 bits per heavy atom. The SMILES string of the molecule is CN(Cc1ccccc1)c1ccc(C=NNc2ccc(F)cc2)cc1. The molecule has 25 heavy (non-hydrogen) atoms. The lowest BCUT2D eigenvalue weighted by molar-refractivity contribution is 0.628. The van der Waals surface area contributed by atoms with Crippen molar-refractivity contribution >= 4 is 17.6 Å². The smallest absolute Gasteiger partial charge is 0.123 e. The van der Waals surface area contributed by atoms with E-state index in [9.17, 15) is 4.39 Å². The van der Waals surface area contributed by atoms with Crippen LogP contribution in [-0.2, 0) is 6.54 Å². The van der Waals surface area contributed by atoms with Gasteiger partial charge in [-0.3, -0.25) is 5.43 Å². The summed E-state index contributed by atoms with van der Waals surface area (Å²) >= 11 is 0. The second-order valence-corrected chi connectivity index (χ2v) is 5.81. The maximum absolute atomic E-state index is 12.8. The molecule has 0 heterocycles. The van der Waals surface area contributed by atoms with E-state index in [0.29, 0.717) is 0 Å². The third kappa shape index (κ3) is 4.91. The second-order valence-electron chi connectivity index (χ2n) is 5.81. The van der Waals surface area contributed by atoms with Crippen LogP contribution in [0.1, 0.15) is 11.1 Å². The highest BCUT2D eigenvalue weighted by Gasteiger charge is 2.01. The average molecular weight is 333 g/mol. The van der Waals surface area contributed by atoms with Gasteiger partial charge in [0, 0.05) is 19.3 Å². The highest BCUT2D eigenvalue weighted by Crippen LogP contribution is 2.16. The van der Waals surface area contributed by atoms with Crippen LogP contribution in [0, 0.1) is 5.82 Å².